The predicted octanol–water partition coefficient (Wildman–Crippen LogP) is 6.58. The zero-order chi connectivity index (χ0) is 28.6. The number of carbonyl (C=O) groups is 1. The van der Waals surface area contributed by atoms with Crippen molar-refractivity contribution in [2.24, 2.45) is 5.92 Å². The van der Waals surface area contributed by atoms with Crippen molar-refractivity contribution < 1.29 is 27.8 Å². The van der Waals surface area contributed by atoms with Gasteiger partial charge in [-0.2, -0.15) is 0 Å². The van der Waals surface area contributed by atoms with Crippen LogP contribution in [0.15, 0.2) is 35.9 Å². The number of amides is 1. The molecule has 2 aromatic rings. The van der Waals surface area contributed by atoms with Crippen molar-refractivity contribution >= 4 is 12.0 Å². The molecule has 8 heteroatoms. The monoisotopic (exact) mass is 556 g/mol. The number of carbonyl (C=O) groups excluding carboxylic acids is 1. The molecule has 40 heavy (non-hydrogen) atoms. The first-order valence-electron chi connectivity index (χ1n) is 14.3. The number of likely N-dealkylation sites (tertiary alicyclic amines) is 1. The SMILES string of the molecule is COc1cc(C(=O)N(C/C(C)=C/c2ccc(F)cc2F)CC2CCCN2CC2CCCCC2)cc(OC)c1OC. The quantitative estimate of drug-likeness (QED) is 0.313. The van der Waals surface area contributed by atoms with Crippen LogP contribution in [-0.4, -0.2) is 69.3 Å². The first kappa shape index (κ1) is 29.8. The van der Waals surface area contributed by atoms with E-state index in [-0.39, 0.29) is 11.9 Å². The second-order valence-corrected chi connectivity index (χ2v) is 11.1. The third-order valence-corrected chi connectivity index (χ3v) is 8.15. The number of hydrogen-bond donors (Lipinski definition) is 0. The average molecular weight is 557 g/mol. The highest BCUT2D eigenvalue weighted by Gasteiger charge is 2.31. The van der Waals surface area contributed by atoms with Crippen molar-refractivity contribution in [3.8, 4) is 17.2 Å². The van der Waals surface area contributed by atoms with E-state index in [1.807, 2.05) is 11.8 Å². The summed E-state index contributed by atoms with van der Waals surface area (Å²) in [6, 6.07) is 7.13. The third-order valence-electron chi connectivity index (χ3n) is 8.15. The van der Waals surface area contributed by atoms with E-state index in [4.69, 9.17) is 14.2 Å². The fourth-order valence-electron chi connectivity index (χ4n) is 6.14. The van der Waals surface area contributed by atoms with Gasteiger partial charge in [-0.3, -0.25) is 9.69 Å². The van der Waals surface area contributed by atoms with Crippen LogP contribution < -0.4 is 14.2 Å². The molecule has 2 aromatic carbocycles. The third kappa shape index (κ3) is 7.33. The summed E-state index contributed by atoms with van der Waals surface area (Å²) in [4.78, 5) is 18.5. The lowest BCUT2D eigenvalue weighted by atomic mass is 9.89. The Bertz CT molecular complexity index is 1170. The molecule has 4 rings (SSSR count). The lowest BCUT2D eigenvalue weighted by Gasteiger charge is -2.34. The molecule has 1 unspecified atom stereocenters. The molecule has 1 atom stereocenters. The molecule has 0 radical (unpaired) electrons. The van der Waals surface area contributed by atoms with Gasteiger partial charge in [-0.1, -0.05) is 30.9 Å². The normalized spacial score (nSPS) is 18.6. The molecule has 0 aromatic heterocycles. The Hall–Kier alpha value is -3.13. The number of halogens is 2. The Kier molecular flexibility index (Phi) is 10.4. The number of ether oxygens (including phenoxy) is 3. The van der Waals surface area contributed by atoms with Gasteiger partial charge >= 0.3 is 0 Å². The van der Waals surface area contributed by atoms with Crippen LogP contribution >= 0.6 is 0 Å². The first-order valence-corrected chi connectivity index (χ1v) is 14.3. The minimum absolute atomic E-state index is 0.170. The number of nitrogens with zero attached hydrogens (tertiary/aromatic N) is 2. The van der Waals surface area contributed by atoms with Gasteiger partial charge < -0.3 is 19.1 Å². The van der Waals surface area contributed by atoms with Crippen LogP contribution in [0.3, 0.4) is 0 Å². The van der Waals surface area contributed by atoms with E-state index in [1.54, 1.807) is 18.2 Å². The van der Waals surface area contributed by atoms with Crippen molar-refractivity contribution in [3.05, 3.63) is 58.7 Å². The molecule has 1 saturated carbocycles. The van der Waals surface area contributed by atoms with Crippen molar-refractivity contribution in [2.45, 2.75) is 57.9 Å². The summed E-state index contributed by atoms with van der Waals surface area (Å²) in [6.07, 6.45) is 10.3. The van der Waals surface area contributed by atoms with Gasteiger partial charge in [-0.05, 0) is 69.3 Å². The van der Waals surface area contributed by atoms with Gasteiger partial charge in [0.15, 0.2) is 11.5 Å². The Labute approximate surface area is 236 Å². The van der Waals surface area contributed by atoms with Crippen LogP contribution in [0.5, 0.6) is 17.2 Å². The fourth-order valence-corrected chi connectivity index (χ4v) is 6.14. The Morgan fingerprint density at radius 3 is 2.30 bits per heavy atom. The van der Waals surface area contributed by atoms with Gasteiger partial charge in [0, 0.05) is 42.9 Å². The van der Waals surface area contributed by atoms with Crippen LogP contribution in [-0.2, 0) is 0 Å². The molecule has 2 aliphatic rings. The second kappa shape index (κ2) is 14.0. The van der Waals surface area contributed by atoms with Crippen LogP contribution in [0, 0.1) is 17.6 Å². The molecule has 1 saturated heterocycles. The number of rotatable bonds is 11. The zero-order valence-electron chi connectivity index (χ0n) is 24.2. The summed E-state index contributed by atoms with van der Waals surface area (Å²) in [7, 11) is 4.57. The zero-order valence-corrected chi connectivity index (χ0v) is 24.2. The maximum atomic E-state index is 14.4. The highest BCUT2D eigenvalue weighted by molar-refractivity contribution is 5.96. The highest BCUT2D eigenvalue weighted by Crippen LogP contribution is 2.38. The Balaban J connectivity index is 1.61. The van der Waals surface area contributed by atoms with E-state index in [0.29, 0.717) is 41.5 Å². The van der Waals surface area contributed by atoms with E-state index in [0.717, 1.165) is 43.5 Å². The molecule has 0 N–H and O–H groups in total. The van der Waals surface area contributed by atoms with Gasteiger partial charge in [-0.25, -0.2) is 8.78 Å². The smallest absolute Gasteiger partial charge is 0.254 e. The van der Waals surface area contributed by atoms with Gasteiger partial charge in [0.2, 0.25) is 5.75 Å². The van der Waals surface area contributed by atoms with Gasteiger partial charge in [0.25, 0.3) is 5.91 Å². The average Bonchev–Trinajstić information content (AvgIpc) is 3.39. The molecule has 0 spiro atoms. The number of hydrogen-bond acceptors (Lipinski definition) is 5. The number of benzene rings is 2. The van der Waals surface area contributed by atoms with Crippen LogP contribution in [0.4, 0.5) is 8.78 Å². The summed E-state index contributed by atoms with van der Waals surface area (Å²) in [6.45, 7) is 4.85. The van der Waals surface area contributed by atoms with Crippen molar-refractivity contribution in [1.29, 1.82) is 0 Å². The van der Waals surface area contributed by atoms with E-state index < -0.39 is 11.6 Å². The Morgan fingerprint density at radius 2 is 1.68 bits per heavy atom. The summed E-state index contributed by atoms with van der Waals surface area (Å²) >= 11 is 0. The molecule has 1 aliphatic carbocycles. The van der Waals surface area contributed by atoms with Crippen LogP contribution in [0.2, 0.25) is 0 Å². The fraction of sp³-hybridized carbons (Fsp3) is 0.531. The molecule has 1 amide bonds. The summed E-state index contributed by atoms with van der Waals surface area (Å²) in [5.41, 5.74) is 1.51. The molecule has 0 bridgehead atoms. The van der Waals surface area contributed by atoms with Crippen LogP contribution in [0.1, 0.15) is 67.8 Å². The second-order valence-electron chi connectivity index (χ2n) is 11.1. The lowest BCUT2D eigenvalue weighted by Crippen LogP contribution is -2.45. The topological polar surface area (TPSA) is 51.2 Å². The standard InChI is InChI=1S/C32H42F2N2O4/c1-22(15-24-12-13-26(33)18-28(24)34)19-36(21-27-11-8-14-35(27)20-23-9-6-5-7-10-23)32(37)25-16-29(38-2)31(40-4)30(17-25)39-3/h12-13,15-18,23,27H,5-11,14,19-21H2,1-4H3/b22-15+. The molecular formula is C32H42F2N2O4. The van der Waals surface area contributed by atoms with E-state index in [9.17, 15) is 13.6 Å². The number of methoxy groups -OCH3 is 3. The minimum Gasteiger partial charge on any atom is -0.493 e. The molecule has 218 valence electrons. The molecule has 1 heterocycles. The first-order chi connectivity index (χ1) is 19.3. The Morgan fingerprint density at radius 1 is 0.975 bits per heavy atom. The maximum absolute atomic E-state index is 14.4. The van der Waals surface area contributed by atoms with Gasteiger partial charge in [0.05, 0.1) is 21.3 Å². The highest BCUT2D eigenvalue weighted by atomic mass is 19.1. The predicted molar refractivity (Wildman–Crippen MR) is 153 cm³/mol. The summed E-state index contributed by atoms with van der Waals surface area (Å²) in [5, 5.41) is 0. The maximum Gasteiger partial charge on any atom is 0.254 e. The van der Waals surface area contributed by atoms with Crippen molar-refractivity contribution in [1.82, 2.24) is 9.80 Å². The van der Waals surface area contributed by atoms with Crippen molar-refractivity contribution in [2.75, 3.05) is 47.5 Å². The molecule has 1 aliphatic heterocycles. The summed E-state index contributed by atoms with van der Waals surface area (Å²) in [5.74, 6) is 0.538. The summed E-state index contributed by atoms with van der Waals surface area (Å²) < 4.78 is 44.3. The molecular weight excluding hydrogens is 514 g/mol. The minimum atomic E-state index is -0.628. The van der Waals surface area contributed by atoms with E-state index in [2.05, 4.69) is 4.90 Å². The van der Waals surface area contributed by atoms with E-state index >= 15 is 0 Å². The van der Waals surface area contributed by atoms with E-state index in [1.165, 1.54) is 65.6 Å². The van der Waals surface area contributed by atoms with Crippen LogP contribution in [0.25, 0.3) is 6.08 Å². The lowest BCUT2D eigenvalue weighted by molar-refractivity contribution is 0.0709. The van der Waals surface area contributed by atoms with Gasteiger partial charge in [0.1, 0.15) is 11.6 Å². The largest absolute Gasteiger partial charge is 0.493 e. The molecule has 6 nitrogen and oxygen atoms in total. The van der Waals surface area contributed by atoms with Crippen molar-refractivity contribution in [3.63, 3.8) is 0 Å². The molecule has 2 fully saturated rings. The van der Waals surface area contributed by atoms with Gasteiger partial charge in [-0.15, -0.1) is 0 Å².